The van der Waals surface area contributed by atoms with Gasteiger partial charge in [0.15, 0.2) is 0 Å². The maximum atomic E-state index is 12.7. The van der Waals surface area contributed by atoms with Gasteiger partial charge in [-0.2, -0.15) is 0 Å². The van der Waals surface area contributed by atoms with Crippen molar-refractivity contribution in [3.8, 4) is 0 Å². The summed E-state index contributed by atoms with van der Waals surface area (Å²) in [6.07, 6.45) is 8.11. The number of nitrogens with zero attached hydrogens (tertiary/aromatic N) is 3. The lowest BCUT2D eigenvalue weighted by Crippen LogP contribution is -2.51. The van der Waals surface area contributed by atoms with Crippen molar-refractivity contribution in [3.63, 3.8) is 0 Å². The number of hydrogen-bond acceptors (Lipinski definition) is 5. The third-order valence-corrected chi connectivity index (χ3v) is 6.18. The van der Waals surface area contributed by atoms with Gasteiger partial charge in [-0.15, -0.1) is 0 Å². The summed E-state index contributed by atoms with van der Waals surface area (Å²) in [4.78, 5) is 44.8. The molecule has 0 unspecified atom stereocenters. The number of carbonyl (C=O) groups is 3. The first-order valence-corrected chi connectivity index (χ1v) is 10.6. The summed E-state index contributed by atoms with van der Waals surface area (Å²) in [6.45, 7) is 2.87. The fourth-order valence-corrected chi connectivity index (χ4v) is 4.35. The highest BCUT2D eigenvalue weighted by atomic mass is 16.2. The fourth-order valence-electron chi connectivity index (χ4n) is 4.35. The molecule has 0 bridgehead atoms. The van der Waals surface area contributed by atoms with Crippen LogP contribution in [0.3, 0.4) is 0 Å². The van der Waals surface area contributed by atoms with Gasteiger partial charge in [0.05, 0.1) is 6.54 Å². The lowest BCUT2D eigenvalue weighted by atomic mass is 10.1. The van der Waals surface area contributed by atoms with Crippen LogP contribution in [0, 0.1) is 5.92 Å². The topological polar surface area (TPSA) is 94.6 Å². The van der Waals surface area contributed by atoms with Gasteiger partial charge in [0, 0.05) is 62.6 Å². The standard InChI is InChI=1S/C21H29N5O3/c27-19-14-25(10-9-23-19)20(28)11-17-3-4-18(26(17)13-15-1-2-15)12-24-21(29)16-5-7-22-8-6-16/h5-8,15,17-18H,1-4,9-14H2,(H,23,27)(H,24,29)/t17-,18+/m1/s1. The van der Waals surface area contributed by atoms with Crippen molar-refractivity contribution in [2.75, 3.05) is 32.7 Å². The first-order chi connectivity index (χ1) is 14.1. The zero-order valence-electron chi connectivity index (χ0n) is 16.7. The largest absolute Gasteiger partial charge is 0.353 e. The van der Waals surface area contributed by atoms with E-state index in [1.807, 2.05) is 0 Å². The predicted octanol–water partition coefficient (Wildman–Crippen LogP) is 0.403. The molecular weight excluding hydrogens is 370 g/mol. The van der Waals surface area contributed by atoms with E-state index in [0.29, 0.717) is 37.5 Å². The molecule has 4 rings (SSSR count). The van der Waals surface area contributed by atoms with E-state index in [-0.39, 0.29) is 36.3 Å². The third kappa shape index (κ3) is 5.12. The zero-order chi connectivity index (χ0) is 20.2. The molecule has 2 N–H and O–H groups in total. The number of carbonyl (C=O) groups excluding carboxylic acids is 3. The number of piperazine rings is 1. The Morgan fingerprint density at radius 3 is 2.62 bits per heavy atom. The summed E-state index contributed by atoms with van der Waals surface area (Å²) < 4.78 is 0. The van der Waals surface area contributed by atoms with Crippen LogP contribution in [-0.4, -0.2) is 77.3 Å². The Labute approximate surface area is 171 Å². The van der Waals surface area contributed by atoms with Crippen LogP contribution >= 0.6 is 0 Å². The number of nitrogens with one attached hydrogen (secondary N) is 2. The van der Waals surface area contributed by atoms with Gasteiger partial charge in [-0.1, -0.05) is 0 Å². The van der Waals surface area contributed by atoms with E-state index in [2.05, 4.69) is 20.5 Å². The van der Waals surface area contributed by atoms with Crippen molar-refractivity contribution in [3.05, 3.63) is 30.1 Å². The predicted molar refractivity (Wildman–Crippen MR) is 107 cm³/mol. The smallest absolute Gasteiger partial charge is 0.251 e. The summed E-state index contributed by atoms with van der Waals surface area (Å²) in [5.74, 6) is 0.608. The molecule has 1 aromatic heterocycles. The first kappa shape index (κ1) is 19.8. The van der Waals surface area contributed by atoms with Crippen molar-refractivity contribution < 1.29 is 14.4 Å². The molecule has 29 heavy (non-hydrogen) atoms. The van der Waals surface area contributed by atoms with Crippen LogP contribution < -0.4 is 10.6 Å². The van der Waals surface area contributed by atoms with Crippen LogP contribution in [0.15, 0.2) is 24.5 Å². The molecule has 3 aliphatic rings. The maximum absolute atomic E-state index is 12.7. The van der Waals surface area contributed by atoms with Crippen LogP contribution in [0.2, 0.25) is 0 Å². The molecule has 3 heterocycles. The van der Waals surface area contributed by atoms with E-state index in [4.69, 9.17) is 0 Å². The molecular formula is C21H29N5O3. The van der Waals surface area contributed by atoms with Gasteiger partial charge in [-0.05, 0) is 43.7 Å². The SMILES string of the molecule is O=C1CN(C(=O)C[C@H]2CC[C@@H](CNC(=O)c3ccncc3)N2CC2CC2)CCN1. The number of hydrogen-bond donors (Lipinski definition) is 2. The lowest BCUT2D eigenvalue weighted by molar-refractivity contribution is -0.139. The van der Waals surface area contributed by atoms with Crippen molar-refractivity contribution in [2.24, 2.45) is 5.92 Å². The van der Waals surface area contributed by atoms with Gasteiger partial charge in [0.1, 0.15) is 0 Å². The van der Waals surface area contributed by atoms with Crippen LogP contribution in [0.5, 0.6) is 0 Å². The average Bonchev–Trinajstić information content (AvgIpc) is 3.48. The molecule has 3 amide bonds. The number of pyridine rings is 1. The van der Waals surface area contributed by atoms with Gasteiger partial charge in [0.25, 0.3) is 5.91 Å². The number of likely N-dealkylation sites (tertiary alicyclic amines) is 1. The summed E-state index contributed by atoms with van der Waals surface area (Å²) in [6, 6.07) is 3.87. The fraction of sp³-hybridized carbons (Fsp3) is 0.619. The Hall–Kier alpha value is -2.48. The van der Waals surface area contributed by atoms with Crippen LogP contribution in [0.1, 0.15) is 42.5 Å². The molecule has 0 aromatic carbocycles. The Kier molecular flexibility index (Phi) is 6.08. The molecule has 1 aliphatic carbocycles. The van der Waals surface area contributed by atoms with E-state index in [9.17, 15) is 14.4 Å². The molecule has 2 atom stereocenters. The van der Waals surface area contributed by atoms with E-state index >= 15 is 0 Å². The minimum atomic E-state index is -0.0855. The summed E-state index contributed by atoms with van der Waals surface area (Å²) in [5.41, 5.74) is 0.613. The minimum Gasteiger partial charge on any atom is -0.353 e. The molecule has 2 aliphatic heterocycles. The highest BCUT2D eigenvalue weighted by Crippen LogP contribution is 2.35. The second-order valence-electron chi connectivity index (χ2n) is 8.34. The number of aromatic nitrogens is 1. The lowest BCUT2D eigenvalue weighted by Gasteiger charge is -2.32. The van der Waals surface area contributed by atoms with Gasteiger partial charge < -0.3 is 15.5 Å². The van der Waals surface area contributed by atoms with Crippen LogP contribution in [0.4, 0.5) is 0 Å². The van der Waals surface area contributed by atoms with Crippen molar-refractivity contribution >= 4 is 17.7 Å². The molecule has 3 fully saturated rings. The molecule has 8 heteroatoms. The van der Waals surface area contributed by atoms with Gasteiger partial charge in [-0.3, -0.25) is 24.3 Å². The van der Waals surface area contributed by atoms with Gasteiger partial charge in [-0.25, -0.2) is 0 Å². The molecule has 8 nitrogen and oxygen atoms in total. The normalized spacial score (nSPS) is 25.0. The average molecular weight is 399 g/mol. The summed E-state index contributed by atoms with van der Waals surface area (Å²) in [5, 5.41) is 5.82. The molecule has 156 valence electrons. The van der Waals surface area contributed by atoms with E-state index < -0.39 is 0 Å². The first-order valence-electron chi connectivity index (χ1n) is 10.6. The van der Waals surface area contributed by atoms with Crippen molar-refractivity contribution in [1.82, 2.24) is 25.4 Å². The highest BCUT2D eigenvalue weighted by molar-refractivity contribution is 5.94. The quantitative estimate of drug-likeness (QED) is 0.692. The van der Waals surface area contributed by atoms with Crippen LogP contribution in [-0.2, 0) is 9.59 Å². The minimum absolute atomic E-state index is 0.0621. The second-order valence-corrected chi connectivity index (χ2v) is 8.34. The maximum Gasteiger partial charge on any atom is 0.251 e. The van der Waals surface area contributed by atoms with Crippen molar-refractivity contribution in [2.45, 2.75) is 44.2 Å². The number of rotatable bonds is 7. The monoisotopic (exact) mass is 399 g/mol. The summed E-state index contributed by atoms with van der Waals surface area (Å²) in [7, 11) is 0. The molecule has 2 saturated heterocycles. The Morgan fingerprint density at radius 1 is 1.14 bits per heavy atom. The Morgan fingerprint density at radius 2 is 1.90 bits per heavy atom. The third-order valence-electron chi connectivity index (χ3n) is 6.18. The van der Waals surface area contributed by atoms with E-state index in [1.54, 1.807) is 29.4 Å². The molecule has 1 aromatic rings. The molecule has 0 radical (unpaired) electrons. The zero-order valence-corrected chi connectivity index (χ0v) is 16.7. The molecule has 0 spiro atoms. The number of amides is 3. The summed E-state index contributed by atoms with van der Waals surface area (Å²) >= 11 is 0. The van der Waals surface area contributed by atoms with E-state index in [0.717, 1.165) is 19.4 Å². The van der Waals surface area contributed by atoms with Gasteiger partial charge >= 0.3 is 0 Å². The van der Waals surface area contributed by atoms with Crippen molar-refractivity contribution in [1.29, 1.82) is 0 Å². The highest BCUT2D eigenvalue weighted by Gasteiger charge is 2.38. The Balaban J connectivity index is 1.34. The van der Waals surface area contributed by atoms with Gasteiger partial charge in [0.2, 0.25) is 11.8 Å². The molecule has 1 saturated carbocycles. The Bertz CT molecular complexity index is 752. The van der Waals surface area contributed by atoms with E-state index in [1.165, 1.54) is 12.8 Å². The van der Waals surface area contributed by atoms with Crippen LogP contribution in [0.25, 0.3) is 0 Å². The second kappa shape index (κ2) is 8.90.